The van der Waals surface area contributed by atoms with Crippen LogP contribution in [-0.4, -0.2) is 32.0 Å². The number of hydrogen-bond acceptors (Lipinski definition) is 4. The number of aromatic nitrogens is 3. The van der Waals surface area contributed by atoms with Crippen molar-refractivity contribution in [1.29, 1.82) is 0 Å². The molecule has 6 nitrogen and oxygen atoms in total. The third-order valence-electron chi connectivity index (χ3n) is 5.19. The van der Waals surface area contributed by atoms with Gasteiger partial charge < -0.3 is 5.11 Å². The van der Waals surface area contributed by atoms with Crippen molar-refractivity contribution in [3.05, 3.63) is 65.2 Å². The molecule has 30 heavy (non-hydrogen) atoms. The van der Waals surface area contributed by atoms with Crippen LogP contribution < -0.4 is 4.90 Å². The van der Waals surface area contributed by atoms with Gasteiger partial charge in [-0.15, -0.1) is 0 Å². The number of rotatable bonds is 4. The molecule has 1 N–H and O–H groups in total. The van der Waals surface area contributed by atoms with Gasteiger partial charge in [-0.3, -0.25) is 19.4 Å². The summed E-state index contributed by atoms with van der Waals surface area (Å²) in [5.74, 6) is -0.268. The van der Waals surface area contributed by atoms with Crippen molar-refractivity contribution in [2.24, 2.45) is 0 Å². The first-order valence-corrected chi connectivity index (χ1v) is 9.30. The maximum atomic E-state index is 13.1. The zero-order valence-electron chi connectivity index (χ0n) is 16.3. The Morgan fingerprint density at radius 1 is 1.13 bits per heavy atom. The minimum absolute atomic E-state index is 0.130. The minimum atomic E-state index is -4.39. The summed E-state index contributed by atoms with van der Waals surface area (Å²) in [5, 5.41) is 13.1. The molecule has 9 heteroatoms. The van der Waals surface area contributed by atoms with E-state index in [4.69, 9.17) is 0 Å². The number of aliphatic hydroxyl groups excluding tert-OH is 1. The third kappa shape index (κ3) is 3.56. The first-order chi connectivity index (χ1) is 14.2. The van der Waals surface area contributed by atoms with E-state index in [2.05, 4.69) is 10.1 Å². The van der Waals surface area contributed by atoms with E-state index in [9.17, 15) is 23.1 Å². The lowest BCUT2D eigenvalue weighted by Crippen LogP contribution is -2.26. The molecular formula is C21H19F3N4O2. The largest absolute Gasteiger partial charge is 0.408 e. The zero-order chi connectivity index (χ0) is 21.6. The smallest absolute Gasteiger partial charge is 0.392 e. The number of pyridine rings is 1. The summed E-state index contributed by atoms with van der Waals surface area (Å²) >= 11 is 0. The topological polar surface area (TPSA) is 71.2 Å². The third-order valence-corrected chi connectivity index (χ3v) is 5.19. The molecule has 1 amide bonds. The molecule has 0 saturated carbocycles. The molecule has 1 unspecified atom stereocenters. The number of hydrogen-bond donors (Lipinski definition) is 1. The molecule has 156 valence electrons. The van der Waals surface area contributed by atoms with Crippen molar-refractivity contribution < 1.29 is 23.1 Å². The van der Waals surface area contributed by atoms with Crippen LogP contribution in [0, 0.1) is 6.92 Å². The van der Waals surface area contributed by atoms with Gasteiger partial charge in [0.05, 0.1) is 24.5 Å². The fourth-order valence-corrected chi connectivity index (χ4v) is 3.86. The van der Waals surface area contributed by atoms with Gasteiger partial charge in [-0.05, 0) is 48.2 Å². The Bertz CT molecular complexity index is 1120. The number of amides is 1. The van der Waals surface area contributed by atoms with Gasteiger partial charge in [0, 0.05) is 29.7 Å². The molecular weight excluding hydrogens is 397 g/mol. The van der Waals surface area contributed by atoms with Gasteiger partial charge in [0.2, 0.25) is 0 Å². The number of aliphatic hydroxyl groups is 1. The lowest BCUT2D eigenvalue weighted by molar-refractivity contribution is -0.142. The number of benzene rings is 1. The normalized spacial score (nSPS) is 16.3. The van der Waals surface area contributed by atoms with Gasteiger partial charge in [0.15, 0.2) is 0 Å². The number of alkyl halides is 3. The first kappa shape index (κ1) is 20.1. The second kappa shape index (κ2) is 7.24. The number of nitrogens with zero attached hydrogens (tertiary/aromatic N) is 4. The Morgan fingerprint density at radius 2 is 1.90 bits per heavy atom. The Balaban J connectivity index is 1.71. The van der Waals surface area contributed by atoms with E-state index in [0.717, 1.165) is 26.9 Å². The molecule has 1 atom stereocenters. The van der Waals surface area contributed by atoms with E-state index in [1.54, 1.807) is 12.4 Å². The van der Waals surface area contributed by atoms with Crippen molar-refractivity contribution in [2.75, 3.05) is 4.90 Å². The molecule has 0 saturated heterocycles. The van der Waals surface area contributed by atoms with Crippen LogP contribution in [0.15, 0.2) is 43.0 Å². The average Bonchev–Trinajstić information content (AvgIpc) is 3.22. The number of carbonyl (C=O) groups is 1. The summed E-state index contributed by atoms with van der Waals surface area (Å²) in [6.07, 6.45) is 1.38. The van der Waals surface area contributed by atoms with E-state index in [1.807, 2.05) is 32.0 Å². The monoisotopic (exact) mass is 416 g/mol. The SMILES string of the molecule is Cc1cc(-c2cncc(CO)c2)cc2c1C(=O)N(c1cnn(CC(F)(F)F)c1)C2C. The van der Waals surface area contributed by atoms with Crippen LogP contribution in [0.2, 0.25) is 0 Å². The number of halogens is 3. The highest BCUT2D eigenvalue weighted by atomic mass is 19.4. The van der Waals surface area contributed by atoms with Crippen LogP contribution in [0.25, 0.3) is 11.1 Å². The molecule has 4 rings (SSSR count). The highest BCUT2D eigenvalue weighted by Gasteiger charge is 2.37. The minimum Gasteiger partial charge on any atom is -0.392 e. The Labute approximate surface area is 170 Å². The van der Waals surface area contributed by atoms with Crippen molar-refractivity contribution in [3.8, 4) is 11.1 Å². The van der Waals surface area contributed by atoms with Gasteiger partial charge in [-0.25, -0.2) is 0 Å². The summed E-state index contributed by atoms with van der Waals surface area (Å²) in [6.45, 7) is 2.31. The lowest BCUT2D eigenvalue weighted by atomic mass is 9.94. The van der Waals surface area contributed by atoms with Crippen LogP contribution in [0.5, 0.6) is 0 Å². The molecule has 2 aromatic heterocycles. The van der Waals surface area contributed by atoms with Gasteiger partial charge in [0.25, 0.3) is 5.91 Å². The fraction of sp³-hybridized carbons (Fsp3) is 0.286. The summed E-state index contributed by atoms with van der Waals surface area (Å²) in [5.41, 5.74) is 4.74. The number of fused-ring (bicyclic) bond motifs is 1. The first-order valence-electron chi connectivity index (χ1n) is 9.30. The molecule has 1 aliphatic rings. The predicted molar refractivity (Wildman–Crippen MR) is 104 cm³/mol. The molecule has 0 aliphatic carbocycles. The van der Waals surface area contributed by atoms with E-state index in [-0.39, 0.29) is 18.6 Å². The van der Waals surface area contributed by atoms with Crippen LogP contribution in [-0.2, 0) is 13.2 Å². The quantitative estimate of drug-likeness (QED) is 0.697. The van der Waals surface area contributed by atoms with E-state index in [1.165, 1.54) is 17.3 Å². The molecule has 0 spiro atoms. The Kier molecular flexibility index (Phi) is 4.85. The second-order valence-electron chi connectivity index (χ2n) is 7.36. The maximum absolute atomic E-state index is 13.1. The van der Waals surface area contributed by atoms with Crippen LogP contribution in [0.1, 0.15) is 40.0 Å². The molecule has 0 radical (unpaired) electrons. The summed E-state index contributed by atoms with van der Waals surface area (Å²) in [6, 6.07) is 5.22. The lowest BCUT2D eigenvalue weighted by Gasteiger charge is -2.20. The van der Waals surface area contributed by atoms with Gasteiger partial charge >= 0.3 is 6.18 Å². The fourth-order valence-electron chi connectivity index (χ4n) is 3.86. The number of anilines is 1. The summed E-state index contributed by atoms with van der Waals surface area (Å²) < 4.78 is 38.7. The van der Waals surface area contributed by atoms with Crippen molar-refractivity contribution >= 4 is 11.6 Å². The molecule has 3 heterocycles. The van der Waals surface area contributed by atoms with Crippen LogP contribution in [0.4, 0.5) is 18.9 Å². The summed E-state index contributed by atoms with van der Waals surface area (Å²) in [7, 11) is 0. The van der Waals surface area contributed by atoms with Gasteiger partial charge in [-0.1, -0.05) is 6.07 Å². The van der Waals surface area contributed by atoms with Crippen LogP contribution in [0.3, 0.4) is 0 Å². The van der Waals surface area contributed by atoms with Gasteiger partial charge in [-0.2, -0.15) is 18.3 Å². The van der Waals surface area contributed by atoms with E-state index in [0.29, 0.717) is 16.8 Å². The van der Waals surface area contributed by atoms with E-state index >= 15 is 0 Å². The second-order valence-corrected chi connectivity index (χ2v) is 7.36. The van der Waals surface area contributed by atoms with Gasteiger partial charge in [0.1, 0.15) is 6.54 Å². The van der Waals surface area contributed by atoms with Crippen LogP contribution >= 0.6 is 0 Å². The average molecular weight is 416 g/mol. The zero-order valence-corrected chi connectivity index (χ0v) is 16.3. The Morgan fingerprint density at radius 3 is 2.60 bits per heavy atom. The molecule has 0 fully saturated rings. The molecule has 1 aliphatic heterocycles. The number of carbonyl (C=O) groups excluding carboxylic acids is 1. The predicted octanol–water partition coefficient (Wildman–Crippen LogP) is 4.03. The molecule has 1 aromatic carbocycles. The summed E-state index contributed by atoms with van der Waals surface area (Å²) in [4.78, 5) is 18.7. The Hall–Kier alpha value is -3.20. The maximum Gasteiger partial charge on any atom is 0.408 e. The van der Waals surface area contributed by atoms with Crippen molar-refractivity contribution in [2.45, 2.75) is 39.2 Å². The number of aryl methyl sites for hydroxylation is 1. The molecule has 0 bridgehead atoms. The van der Waals surface area contributed by atoms with Crippen molar-refractivity contribution in [1.82, 2.24) is 14.8 Å². The molecule has 3 aromatic rings. The van der Waals surface area contributed by atoms with E-state index < -0.39 is 12.7 Å². The highest BCUT2D eigenvalue weighted by Crippen LogP contribution is 2.40. The highest BCUT2D eigenvalue weighted by molar-refractivity contribution is 6.12. The van der Waals surface area contributed by atoms with Crippen molar-refractivity contribution in [3.63, 3.8) is 0 Å². The standard InChI is InChI=1S/C21H19F3N4O2/c1-12-3-15(16-4-14(10-29)6-25-7-16)5-18-13(2)28(20(30)19(12)18)17-8-26-27(9-17)11-21(22,23)24/h3-9,13,29H,10-11H2,1-2H3.